The zero-order valence-corrected chi connectivity index (χ0v) is 15.2. The van der Waals surface area contributed by atoms with Gasteiger partial charge in [-0.2, -0.15) is 0 Å². The van der Waals surface area contributed by atoms with Gasteiger partial charge in [-0.1, -0.05) is 39.0 Å². The third kappa shape index (κ3) is 8.83. The molecule has 0 saturated carbocycles. The first-order chi connectivity index (χ1) is 11.6. The van der Waals surface area contributed by atoms with E-state index in [2.05, 4.69) is 26.9 Å². The second kappa shape index (κ2) is 11.8. The molecule has 0 spiro atoms. The van der Waals surface area contributed by atoms with Crippen LogP contribution in [-0.2, 0) is 10.0 Å². The minimum absolute atomic E-state index is 0.148. The molecule has 8 heteroatoms. The molecule has 0 unspecified atom stereocenters. The largest absolute Gasteiger partial charge is 0.370 e. The van der Waals surface area contributed by atoms with Crippen LogP contribution in [0.2, 0.25) is 0 Å². The molecule has 136 valence electrons. The fourth-order valence-electron chi connectivity index (χ4n) is 2.11. The summed E-state index contributed by atoms with van der Waals surface area (Å²) in [7, 11) is -3.52. The number of nitrogens with two attached hydrogens (primary N) is 1. The van der Waals surface area contributed by atoms with Crippen LogP contribution in [0.5, 0.6) is 0 Å². The van der Waals surface area contributed by atoms with Crippen molar-refractivity contribution in [1.29, 1.82) is 0 Å². The standard InChI is InChI=1S/C16H29N5O2S/c1-2-3-4-5-6-7-11-19-16(17)20-12-13-21-24(22,23)15-9-8-10-18-14-15/h8-10,14,21H,2-7,11-13H2,1H3,(H3,17,19,20). The molecule has 1 aromatic heterocycles. The van der Waals surface area contributed by atoms with Gasteiger partial charge in [0.25, 0.3) is 0 Å². The maximum absolute atomic E-state index is 12.0. The average molecular weight is 356 g/mol. The Morgan fingerprint density at radius 3 is 2.67 bits per heavy atom. The molecule has 1 heterocycles. The topological polar surface area (TPSA) is 109 Å². The summed E-state index contributed by atoms with van der Waals surface area (Å²) in [5, 5.41) is 2.90. The minimum Gasteiger partial charge on any atom is -0.370 e. The van der Waals surface area contributed by atoms with Gasteiger partial charge in [-0.05, 0) is 18.6 Å². The number of unbranched alkanes of at least 4 members (excludes halogenated alkanes) is 5. The van der Waals surface area contributed by atoms with Crippen LogP contribution in [0.4, 0.5) is 0 Å². The van der Waals surface area contributed by atoms with Gasteiger partial charge in [0, 0.05) is 32.0 Å². The highest BCUT2D eigenvalue weighted by atomic mass is 32.2. The molecule has 0 atom stereocenters. The second-order valence-corrected chi connectivity index (χ2v) is 7.31. The predicted octanol–water partition coefficient (Wildman–Crippen LogP) is 1.62. The minimum atomic E-state index is -3.52. The Kier molecular flexibility index (Phi) is 10.0. The summed E-state index contributed by atoms with van der Waals surface area (Å²) in [5.41, 5.74) is 5.75. The normalized spacial score (nSPS) is 12.3. The van der Waals surface area contributed by atoms with E-state index in [1.807, 2.05) is 0 Å². The van der Waals surface area contributed by atoms with Gasteiger partial charge in [0.15, 0.2) is 5.96 Å². The van der Waals surface area contributed by atoms with Gasteiger partial charge in [0.2, 0.25) is 10.0 Å². The summed E-state index contributed by atoms with van der Waals surface area (Å²) >= 11 is 0. The van der Waals surface area contributed by atoms with Gasteiger partial charge in [-0.3, -0.25) is 9.98 Å². The number of hydrogen-bond acceptors (Lipinski definition) is 4. The zero-order chi connectivity index (χ0) is 17.7. The van der Waals surface area contributed by atoms with Crippen molar-refractivity contribution in [2.75, 3.05) is 19.6 Å². The number of hydrogen-bond donors (Lipinski definition) is 3. The summed E-state index contributed by atoms with van der Waals surface area (Å²) in [4.78, 5) is 8.18. The number of aliphatic imine (C=N–C) groups is 1. The van der Waals surface area contributed by atoms with Crippen LogP contribution >= 0.6 is 0 Å². The van der Waals surface area contributed by atoms with Crippen molar-refractivity contribution in [3.63, 3.8) is 0 Å². The Labute approximate surface area is 145 Å². The lowest BCUT2D eigenvalue weighted by atomic mass is 10.1. The maximum Gasteiger partial charge on any atom is 0.242 e. The highest BCUT2D eigenvalue weighted by Crippen LogP contribution is 2.05. The number of nitrogens with zero attached hydrogens (tertiary/aromatic N) is 2. The molecule has 0 aliphatic heterocycles. The molecule has 0 aliphatic rings. The van der Waals surface area contributed by atoms with Gasteiger partial charge in [-0.15, -0.1) is 0 Å². The van der Waals surface area contributed by atoms with Crippen LogP contribution in [0.1, 0.15) is 45.4 Å². The van der Waals surface area contributed by atoms with E-state index in [0.717, 1.165) is 6.42 Å². The van der Waals surface area contributed by atoms with Crippen LogP contribution in [0.3, 0.4) is 0 Å². The molecular formula is C16H29N5O2S. The fourth-order valence-corrected chi connectivity index (χ4v) is 3.11. The van der Waals surface area contributed by atoms with E-state index in [4.69, 9.17) is 5.73 Å². The average Bonchev–Trinajstić information content (AvgIpc) is 2.59. The number of guanidine groups is 1. The summed E-state index contributed by atoms with van der Waals surface area (Å²) in [5.74, 6) is 0.351. The Morgan fingerprint density at radius 1 is 1.21 bits per heavy atom. The van der Waals surface area contributed by atoms with Crippen LogP contribution in [0.15, 0.2) is 34.4 Å². The van der Waals surface area contributed by atoms with Gasteiger partial charge in [0.1, 0.15) is 4.90 Å². The van der Waals surface area contributed by atoms with Crippen LogP contribution in [0.25, 0.3) is 0 Å². The molecule has 0 amide bonds. The lowest BCUT2D eigenvalue weighted by Crippen LogP contribution is -2.38. The third-order valence-electron chi connectivity index (χ3n) is 3.46. The van der Waals surface area contributed by atoms with Crippen LogP contribution < -0.4 is 15.8 Å². The van der Waals surface area contributed by atoms with Gasteiger partial charge >= 0.3 is 0 Å². The molecule has 0 saturated heterocycles. The number of sulfonamides is 1. The molecule has 7 nitrogen and oxygen atoms in total. The summed E-state index contributed by atoms with van der Waals surface area (Å²) < 4.78 is 26.4. The molecule has 1 rings (SSSR count). The molecule has 0 radical (unpaired) electrons. The van der Waals surface area contributed by atoms with Crippen LogP contribution in [0, 0.1) is 0 Å². The quantitative estimate of drug-likeness (QED) is 0.300. The first-order valence-electron chi connectivity index (χ1n) is 8.49. The Morgan fingerprint density at radius 2 is 1.96 bits per heavy atom. The van der Waals surface area contributed by atoms with Gasteiger partial charge in [-0.25, -0.2) is 13.1 Å². The van der Waals surface area contributed by atoms with Crippen molar-refractivity contribution in [3.05, 3.63) is 24.5 Å². The van der Waals surface area contributed by atoms with Crippen molar-refractivity contribution in [2.24, 2.45) is 10.7 Å². The molecule has 1 aromatic rings. The first-order valence-corrected chi connectivity index (χ1v) is 9.98. The summed E-state index contributed by atoms with van der Waals surface area (Å²) in [6.07, 6.45) is 10.1. The summed E-state index contributed by atoms with van der Waals surface area (Å²) in [6.45, 7) is 3.51. The number of pyridine rings is 1. The van der Waals surface area contributed by atoms with E-state index in [-0.39, 0.29) is 11.4 Å². The molecule has 24 heavy (non-hydrogen) atoms. The maximum atomic E-state index is 12.0. The van der Waals surface area contributed by atoms with Crippen molar-refractivity contribution < 1.29 is 8.42 Å². The number of nitrogens with one attached hydrogen (secondary N) is 2. The second-order valence-electron chi connectivity index (χ2n) is 5.55. The van der Waals surface area contributed by atoms with E-state index in [1.54, 1.807) is 6.07 Å². The lowest BCUT2D eigenvalue weighted by molar-refractivity contribution is 0.580. The van der Waals surface area contributed by atoms with Crippen molar-refractivity contribution in [1.82, 2.24) is 15.0 Å². The van der Waals surface area contributed by atoms with E-state index in [0.29, 0.717) is 19.0 Å². The van der Waals surface area contributed by atoms with Crippen molar-refractivity contribution in [3.8, 4) is 0 Å². The Balaban J connectivity index is 2.14. The number of aromatic nitrogens is 1. The molecule has 4 N–H and O–H groups in total. The van der Waals surface area contributed by atoms with E-state index in [1.165, 1.54) is 50.6 Å². The molecular weight excluding hydrogens is 326 g/mol. The van der Waals surface area contributed by atoms with E-state index < -0.39 is 10.0 Å². The highest BCUT2D eigenvalue weighted by molar-refractivity contribution is 7.89. The fraction of sp³-hybridized carbons (Fsp3) is 0.625. The zero-order valence-electron chi connectivity index (χ0n) is 14.4. The SMILES string of the molecule is CCCCCCCCN=C(N)NCCNS(=O)(=O)c1cccnc1. The Hall–Kier alpha value is -1.67. The number of rotatable bonds is 12. The lowest BCUT2D eigenvalue weighted by Gasteiger charge is -2.08. The molecule has 0 bridgehead atoms. The molecule has 0 aromatic carbocycles. The van der Waals surface area contributed by atoms with Crippen molar-refractivity contribution in [2.45, 2.75) is 50.3 Å². The first kappa shape index (κ1) is 20.4. The van der Waals surface area contributed by atoms with Crippen LogP contribution in [-0.4, -0.2) is 39.0 Å². The van der Waals surface area contributed by atoms with Gasteiger partial charge in [0.05, 0.1) is 0 Å². The predicted molar refractivity (Wildman–Crippen MR) is 97.3 cm³/mol. The molecule has 0 fully saturated rings. The Bertz CT molecular complexity index is 575. The van der Waals surface area contributed by atoms with E-state index >= 15 is 0 Å². The summed E-state index contributed by atoms with van der Waals surface area (Å²) in [6, 6.07) is 3.08. The monoisotopic (exact) mass is 355 g/mol. The van der Waals surface area contributed by atoms with E-state index in [9.17, 15) is 8.42 Å². The van der Waals surface area contributed by atoms with Crippen molar-refractivity contribution >= 4 is 16.0 Å². The highest BCUT2D eigenvalue weighted by Gasteiger charge is 2.12. The van der Waals surface area contributed by atoms with Gasteiger partial charge < -0.3 is 11.1 Å². The molecule has 0 aliphatic carbocycles. The third-order valence-corrected chi connectivity index (χ3v) is 4.91. The smallest absolute Gasteiger partial charge is 0.242 e.